The molecule has 18 heavy (non-hydrogen) atoms. The average Bonchev–Trinajstić information content (AvgIpc) is 2.82. The molecule has 1 heterocycles. The maximum Gasteiger partial charge on any atom is 0.107 e. The third-order valence-corrected chi connectivity index (χ3v) is 3.02. The first kappa shape index (κ1) is 12.8. The van der Waals surface area contributed by atoms with Crippen molar-refractivity contribution in [1.82, 2.24) is 9.97 Å². The van der Waals surface area contributed by atoms with Crippen LogP contribution in [-0.4, -0.2) is 16.5 Å². The van der Waals surface area contributed by atoms with Crippen LogP contribution in [0.2, 0.25) is 0 Å². The summed E-state index contributed by atoms with van der Waals surface area (Å²) in [6, 6.07) is 10.3. The van der Waals surface area contributed by atoms with Gasteiger partial charge in [0.15, 0.2) is 0 Å². The number of H-pyrrole nitrogens is 1. The molecule has 0 fully saturated rings. The van der Waals surface area contributed by atoms with Gasteiger partial charge in [0.2, 0.25) is 0 Å². The number of aromatic nitrogens is 2. The van der Waals surface area contributed by atoms with Crippen molar-refractivity contribution in [3.05, 3.63) is 41.9 Å². The number of hydrogen-bond donors (Lipinski definition) is 2. The normalized spacial score (nSPS) is 11.1. The number of imidazole rings is 1. The summed E-state index contributed by atoms with van der Waals surface area (Å²) in [7, 11) is 0. The first-order valence-corrected chi connectivity index (χ1v) is 6.56. The van der Waals surface area contributed by atoms with Crippen molar-refractivity contribution in [1.29, 1.82) is 0 Å². The smallest absolute Gasteiger partial charge is 0.107 e. The zero-order valence-electron chi connectivity index (χ0n) is 11.1. The van der Waals surface area contributed by atoms with E-state index in [4.69, 9.17) is 10.7 Å². The molecule has 96 valence electrons. The highest BCUT2D eigenvalue weighted by Crippen LogP contribution is 2.27. The van der Waals surface area contributed by atoms with Gasteiger partial charge in [0.05, 0.1) is 5.69 Å². The summed E-state index contributed by atoms with van der Waals surface area (Å²) in [5.41, 5.74) is 9.02. The summed E-state index contributed by atoms with van der Waals surface area (Å²) >= 11 is 0. The van der Waals surface area contributed by atoms with Gasteiger partial charge < -0.3 is 10.7 Å². The SMILES string of the molecule is CC(C)c1[nH]c(CCCN)nc1-c1ccccc1. The van der Waals surface area contributed by atoms with Gasteiger partial charge in [0, 0.05) is 17.7 Å². The number of benzene rings is 1. The molecule has 2 rings (SSSR count). The van der Waals surface area contributed by atoms with E-state index >= 15 is 0 Å². The van der Waals surface area contributed by atoms with Gasteiger partial charge in [-0.05, 0) is 18.9 Å². The zero-order valence-corrected chi connectivity index (χ0v) is 11.1. The van der Waals surface area contributed by atoms with Gasteiger partial charge in [0.25, 0.3) is 0 Å². The van der Waals surface area contributed by atoms with E-state index in [0.29, 0.717) is 12.5 Å². The quantitative estimate of drug-likeness (QED) is 0.847. The maximum atomic E-state index is 5.55. The fraction of sp³-hybridized carbons (Fsp3) is 0.400. The Kier molecular flexibility index (Phi) is 4.15. The predicted octanol–water partition coefficient (Wildman–Crippen LogP) is 3.09. The molecule has 0 radical (unpaired) electrons. The Morgan fingerprint density at radius 2 is 1.94 bits per heavy atom. The Hall–Kier alpha value is -1.61. The van der Waals surface area contributed by atoms with E-state index in [2.05, 4.69) is 31.0 Å². The summed E-state index contributed by atoms with van der Waals surface area (Å²) in [4.78, 5) is 8.18. The van der Waals surface area contributed by atoms with Crippen LogP contribution in [0.25, 0.3) is 11.3 Å². The molecule has 3 N–H and O–H groups in total. The zero-order chi connectivity index (χ0) is 13.0. The molecule has 0 unspecified atom stereocenters. The first-order chi connectivity index (χ1) is 8.72. The summed E-state index contributed by atoms with van der Waals surface area (Å²) in [5.74, 6) is 1.49. The van der Waals surface area contributed by atoms with Gasteiger partial charge in [-0.1, -0.05) is 44.2 Å². The third kappa shape index (κ3) is 2.79. The lowest BCUT2D eigenvalue weighted by Gasteiger charge is -2.05. The van der Waals surface area contributed by atoms with E-state index in [1.807, 2.05) is 18.2 Å². The van der Waals surface area contributed by atoms with E-state index < -0.39 is 0 Å². The molecule has 0 aliphatic carbocycles. The van der Waals surface area contributed by atoms with Crippen molar-refractivity contribution < 1.29 is 0 Å². The minimum Gasteiger partial charge on any atom is -0.345 e. The second-order valence-corrected chi connectivity index (χ2v) is 4.86. The molecule has 0 saturated heterocycles. The summed E-state index contributed by atoms with van der Waals surface area (Å²) in [6.45, 7) is 5.08. The van der Waals surface area contributed by atoms with Crippen LogP contribution in [0, 0.1) is 0 Å². The summed E-state index contributed by atoms with van der Waals surface area (Å²) in [6.07, 6.45) is 1.89. The van der Waals surface area contributed by atoms with Crippen LogP contribution in [0.5, 0.6) is 0 Å². The van der Waals surface area contributed by atoms with Crippen LogP contribution in [0.1, 0.15) is 37.7 Å². The molecule has 1 aromatic carbocycles. The Labute approximate surface area is 108 Å². The van der Waals surface area contributed by atoms with E-state index in [0.717, 1.165) is 24.4 Å². The minimum absolute atomic E-state index is 0.444. The van der Waals surface area contributed by atoms with Gasteiger partial charge in [0.1, 0.15) is 5.82 Å². The molecule has 3 nitrogen and oxygen atoms in total. The van der Waals surface area contributed by atoms with Crippen molar-refractivity contribution in [2.24, 2.45) is 5.73 Å². The van der Waals surface area contributed by atoms with E-state index in [1.165, 1.54) is 11.3 Å². The van der Waals surface area contributed by atoms with Crippen molar-refractivity contribution in [3.63, 3.8) is 0 Å². The van der Waals surface area contributed by atoms with E-state index in [1.54, 1.807) is 0 Å². The second kappa shape index (κ2) is 5.83. The summed E-state index contributed by atoms with van der Waals surface area (Å²) < 4.78 is 0. The van der Waals surface area contributed by atoms with Crippen molar-refractivity contribution in [3.8, 4) is 11.3 Å². The lowest BCUT2D eigenvalue weighted by Crippen LogP contribution is -2.01. The molecule has 0 atom stereocenters. The fourth-order valence-corrected chi connectivity index (χ4v) is 2.06. The predicted molar refractivity (Wildman–Crippen MR) is 75.5 cm³/mol. The molecule has 0 saturated carbocycles. The van der Waals surface area contributed by atoms with Crippen LogP contribution in [0.15, 0.2) is 30.3 Å². The first-order valence-electron chi connectivity index (χ1n) is 6.56. The highest BCUT2D eigenvalue weighted by atomic mass is 14.9. The Balaban J connectivity index is 2.36. The molecule has 0 aliphatic heterocycles. The number of nitrogens with one attached hydrogen (secondary N) is 1. The van der Waals surface area contributed by atoms with Gasteiger partial charge in [-0.15, -0.1) is 0 Å². The number of aryl methyl sites for hydroxylation is 1. The molecule has 0 aliphatic rings. The standard InChI is InChI=1S/C15H21N3/c1-11(2)14-15(12-7-4-3-5-8-12)18-13(17-14)9-6-10-16/h3-5,7-8,11H,6,9-10,16H2,1-2H3,(H,17,18). The number of aromatic amines is 1. The van der Waals surface area contributed by atoms with E-state index in [-0.39, 0.29) is 0 Å². The summed E-state index contributed by atoms with van der Waals surface area (Å²) in [5, 5.41) is 0. The molecule has 3 heteroatoms. The number of rotatable bonds is 5. The van der Waals surface area contributed by atoms with Gasteiger partial charge >= 0.3 is 0 Å². The van der Waals surface area contributed by atoms with Crippen molar-refractivity contribution >= 4 is 0 Å². The Bertz CT molecular complexity index is 486. The Morgan fingerprint density at radius 3 is 2.56 bits per heavy atom. The monoisotopic (exact) mass is 243 g/mol. The van der Waals surface area contributed by atoms with Crippen LogP contribution in [0.4, 0.5) is 0 Å². The topological polar surface area (TPSA) is 54.7 Å². The number of nitrogens with two attached hydrogens (primary N) is 1. The molecule has 2 aromatic rings. The number of nitrogens with zero attached hydrogens (tertiary/aromatic N) is 1. The van der Waals surface area contributed by atoms with Crippen molar-refractivity contribution in [2.45, 2.75) is 32.6 Å². The van der Waals surface area contributed by atoms with Crippen molar-refractivity contribution in [2.75, 3.05) is 6.54 Å². The lowest BCUT2D eigenvalue weighted by atomic mass is 10.0. The Morgan fingerprint density at radius 1 is 1.22 bits per heavy atom. The molecule has 1 aromatic heterocycles. The number of hydrogen-bond acceptors (Lipinski definition) is 2. The highest BCUT2D eigenvalue weighted by molar-refractivity contribution is 5.62. The molecule has 0 bridgehead atoms. The maximum absolute atomic E-state index is 5.55. The van der Waals surface area contributed by atoms with Gasteiger partial charge in [-0.3, -0.25) is 0 Å². The van der Waals surface area contributed by atoms with Crippen LogP contribution >= 0.6 is 0 Å². The highest BCUT2D eigenvalue weighted by Gasteiger charge is 2.14. The van der Waals surface area contributed by atoms with Crippen LogP contribution in [0.3, 0.4) is 0 Å². The van der Waals surface area contributed by atoms with Crippen LogP contribution in [-0.2, 0) is 6.42 Å². The van der Waals surface area contributed by atoms with Gasteiger partial charge in [-0.25, -0.2) is 4.98 Å². The molecule has 0 amide bonds. The largest absolute Gasteiger partial charge is 0.345 e. The molecular weight excluding hydrogens is 222 g/mol. The van der Waals surface area contributed by atoms with E-state index in [9.17, 15) is 0 Å². The molecular formula is C15H21N3. The second-order valence-electron chi connectivity index (χ2n) is 4.86. The minimum atomic E-state index is 0.444. The third-order valence-electron chi connectivity index (χ3n) is 3.02. The molecule has 0 spiro atoms. The fourth-order valence-electron chi connectivity index (χ4n) is 2.06. The lowest BCUT2D eigenvalue weighted by molar-refractivity contribution is 0.777. The van der Waals surface area contributed by atoms with Crippen LogP contribution < -0.4 is 5.73 Å². The van der Waals surface area contributed by atoms with Gasteiger partial charge in [-0.2, -0.15) is 0 Å². The average molecular weight is 243 g/mol.